The van der Waals surface area contributed by atoms with Crippen molar-refractivity contribution in [2.24, 2.45) is 5.92 Å². The minimum Gasteiger partial charge on any atom is -0.748 e. The van der Waals surface area contributed by atoms with E-state index in [0.29, 0.717) is 6.42 Å². The van der Waals surface area contributed by atoms with Crippen LogP contribution >= 0.6 is 0 Å². The Morgan fingerprint density at radius 1 is 1.25 bits per heavy atom. The minimum absolute atomic E-state index is 0. The van der Waals surface area contributed by atoms with E-state index in [-0.39, 0.29) is 41.2 Å². The van der Waals surface area contributed by atoms with E-state index in [2.05, 4.69) is 4.74 Å². The van der Waals surface area contributed by atoms with Crippen molar-refractivity contribution in [3.63, 3.8) is 0 Å². The second-order valence-electron chi connectivity index (χ2n) is 4.48. The number of fused-ring (bicyclic) bond motifs is 1. The fourth-order valence-electron chi connectivity index (χ4n) is 2.23. The number of carbonyl (C=O) groups is 2. The quantitative estimate of drug-likeness (QED) is 0.462. The molecule has 0 bridgehead atoms. The van der Waals surface area contributed by atoms with Crippen molar-refractivity contribution >= 4 is 11.8 Å². The van der Waals surface area contributed by atoms with Crippen LogP contribution in [0.3, 0.4) is 0 Å². The summed E-state index contributed by atoms with van der Waals surface area (Å²) in [7, 11) is 1.35. The van der Waals surface area contributed by atoms with Crippen molar-refractivity contribution in [1.82, 2.24) is 0 Å². The summed E-state index contributed by atoms with van der Waals surface area (Å²) in [5, 5.41) is 0. The largest absolute Gasteiger partial charge is 0.748 e. The first-order valence-electron chi connectivity index (χ1n) is 6.24. The number of hydrogen-bond donors (Lipinski definition) is 0. The van der Waals surface area contributed by atoms with Gasteiger partial charge in [0.15, 0.2) is 0 Å². The van der Waals surface area contributed by atoms with Crippen molar-refractivity contribution in [3.05, 3.63) is 59.7 Å². The molecule has 0 aliphatic heterocycles. The van der Waals surface area contributed by atoms with Gasteiger partial charge in [0.1, 0.15) is 5.78 Å². The van der Waals surface area contributed by atoms with Gasteiger partial charge in [-0.3, -0.25) is 4.79 Å². The van der Waals surface area contributed by atoms with Crippen LogP contribution in [0.1, 0.15) is 22.3 Å². The first-order chi connectivity index (χ1) is 9.22. The van der Waals surface area contributed by atoms with Crippen molar-refractivity contribution in [3.8, 4) is 0 Å². The zero-order valence-electron chi connectivity index (χ0n) is 11.2. The summed E-state index contributed by atoms with van der Waals surface area (Å²) in [5.74, 6) is -0.528. The third kappa shape index (κ3) is 3.92. The summed E-state index contributed by atoms with van der Waals surface area (Å²) >= 11 is 0. The molecule has 3 rings (SSSR count). The van der Waals surface area contributed by atoms with Gasteiger partial charge in [-0.1, -0.05) is 5.56 Å². The Labute approximate surface area is 129 Å². The van der Waals surface area contributed by atoms with Crippen LogP contribution in [0.25, 0.3) is 0 Å². The van der Waals surface area contributed by atoms with Crippen LogP contribution in [-0.4, -0.2) is 18.9 Å². The molecule has 4 heteroatoms. The summed E-state index contributed by atoms with van der Waals surface area (Å²) in [6.07, 6.45) is 0.907. The number of esters is 1. The molecule has 0 aromatic heterocycles. The Hall–Kier alpha value is -1.64. The molecular formula is C16H16FeO3-6. The number of methoxy groups -OCH3 is 1. The van der Waals surface area contributed by atoms with Crippen molar-refractivity contribution in [2.75, 3.05) is 7.11 Å². The molecule has 0 saturated heterocycles. The van der Waals surface area contributed by atoms with E-state index in [1.165, 1.54) is 7.11 Å². The molecule has 20 heavy (non-hydrogen) atoms. The monoisotopic (exact) mass is 312 g/mol. The van der Waals surface area contributed by atoms with E-state index >= 15 is 0 Å². The molecule has 0 heterocycles. The van der Waals surface area contributed by atoms with Crippen LogP contribution < -0.4 is 0 Å². The Morgan fingerprint density at radius 2 is 1.85 bits per heavy atom. The molecule has 0 amide bonds. The molecule has 2 aromatic carbocycles. The van der Waals surface area contributed by atoms with Gasteiger partial charge in [-0.2, -0.15) is 11.6 Å². The summed E-state index contributed by atoms with van der Waals surface area (Å²) in [6, 6.07) is 15.6. The van der Waals surface area contributed by atoms with Crippen LogP contribution in [-0.2, 0) is 33.0 Å². The fourth-order valence-corrected chi connectivity index (χ4v) is 2.23. The Balaban J connectivity index is 0.000000283. The summed E-state index contributed by atoms with van der Waals surface area (Å²) in [4.78, 5) is 22.8. The predicted molar refractivity (Wildman–Crippen MR) is 72.2 cm³/mol. The predicted octanol–water partition coefficient (Wildman–Crippen LogP) is 2.73. The van der Waals surface area contributed by atoms with Gasteiger partial charge in [-0.15, -0.1) is 0 Å². The van der Waals surface area contributed by atoms with E-state index in [4.69, 9.17) is 0 Å². The number of hydrogen-bond acceptors (Lipinski definition) is 3. The van der Waals surface area contributed by atoms with E-state index in [0.717, 1.165) is 11.1 Å². The molecule has 1 aliphatic rings. The normalized spacial score (nSPS) is 16.2. The topological polar surface area (TPSA) is 43.4 Å². The number of carbonyl (C=O) groups excluding carboxylic acids is 2. The minimum atomic E-state index is -0.289. The standard InChI is InChI=1S/C11H11O3.C5H5.Fe/c1-14-11(13)8-5-7-3-2-4-9(7)10(12)6-8;1-2-4-5-3-1;/h2-4,8H,5-6H2,1H3;1-5H;/q-1;-5;. The van der Waals surface area contributed by atoms with Crippen LogP contribution in [0.4, 0.5) is 0 Å². The summed E-state index contributed by atoms with van der Waals surface area (Å²) in [5.41, 5.74) is 1.74. The maximum absolute atomic E-state index is 11.6. The Bertz CT molecular complexity index is 523. The average Bonchev–Trinajstić information content (AvgIpc) is 3.11. The first kappa shape index (κ1) is 16.4. The SMILES string of the molecule is COC(=O)C1CC(=O)[c-]2cccc2C1.[Fe].[cH-]1[cH-][cH-][cH-][cH-]1. The second-order valence-corrected chi connectivity index (χ2v) is 4.48. The van der Waals surface area contributed by atoms with E-state index in [1.807, 2.05) is 48.5 Å². The molecule has 1 unspecified atom stereocenters. The molecule has 0 saturated carbocycles. The molecule has 0 radical (unpaired) electrons. The van der Waals surface area contributed by atoms with Crippen LogP contribution in [0.15, 0.2) is 48.5 Å². The molecule has 112 valence electrons. The van der Waals surface area contributed by atoms with Crippen molar-refractivity contribution in [2.45, 2.75) is 12.8 Å². The van der Waals surface area contributed by atoms with Gasteiger partial charge in [0, 0.05) is 23.5 Å². The second kappa shape index (κ2) is 7.83. The Kier molecular flexibility index (Phi) is 6.43. The molecule has 3 nitrogen and oxygen atoms in total. The van der Waals surface area contributed by atoms with Crippen LogP contribution in [0.5, 0.6) is 0 Å². The number of rotatable bonds is 1. The zero-order valence-corrected chi connectivity index (χ0v) is 12.3. The molecule has 2 aromatic rings. The number of ketones is 1. The van der Waals surface area contributed by atoms with Crippen LogP contribution in [0.2, 0.25) is 0 Å². The smallest absolute Gasteiger partial charge is 0.309 e. The number of Topliss-reactive ketones (excluding diaryl/α,β-unsaturated/α-hetero) is 1. The van der Waals surface area contributed by atoms with Crippen LogP contribution in [0, 0.1) is 5.92 Å². The van der Waals surface area contributed by atoms with Gasteiger partial charge in [0.2, 0.25) is 0 Å². The third-order valence-electron chi connectivity index (χ3n) is 3.19. The van der Waals surface area contributed by atoms with Gasteiger partial charge < -0.3 is 39.9 Å². The number of ether oxygens (including phenoxy) is 1. The van der Waals surface area contributed by atoms with E-state index in [9.17, 15) is 9.59 Å². The molecule has 1 atom stereocenters. The molecule has 0 fully saturated rings. The first-order valence-corrected chi connectivity index (χ1v) is 6.24. The zero-order chi connectivity index (χ0) is 13.7. The fraction of sp³-hybridized carbons (Fsp3) is 0.250. The van der Waals surface area contributed by atoms with Gasteiger partial charge in [-0.05, 0) is 6.42 Å². The molecule has 1 aliphatic carbocycles. The summed E-state index contributed by atoms with van der Waals surface area (Å²) < 4.78 is 4.64. The average molecular weight is 312 g/mol. The maximum Gasteiger partial charge on any atom is 0.309 e. The van der Waals surface area contributed by atoms with Gasteiger partial charge >= 0.3 is 5.97 Å². The van der Waals surface area contributed by atoms with E-state index in [1.54, 1.807) is 0 Å². The third-order valence-corrected chi connectivity index (χ3v) is 3.19. The molecular weight excluding hydrogens is 296 g/mol. The van der Waals surface area contributed by atoms with Gasteiger partial charge in [-0.25, -0.2) is 12.1 Å². The summed E-state index contributed by atoms with van der Waals surface area (Å²) in [6.45, 7) is 0. The van der Waals surface area contributed by atoms with Crippen molar-refractivity contribution in [1.29, 1.82) is 0 Å². The van der Waals surface area contributed by atoms with Crippen molar-refractivity contribution < 1.29 is 31.4 Å². The molecule has 0 N–H and O–H groups in total. The Morgan fingerprint density at radius 3 is 2.40 bits per heavy atom. The maximum atomic E-state index is 11.6. The molecule has 0 spiro atoms. The van der Waals surface area contributed by atoms with Gasteiger partial charge in [0.05, 0.1) is 13.0 Å². The van der Waals surface area contributed by atoms with E-state index < -0.39 is 0 Å². The van der Waals surface area contributed by atoms with Gasteiger partial charge in [0.25, 0.3) is 0 Å².